The molecule has 18 heavy (non-hydrogen) atoms. The molecule has 2 rings (SSSR count). The molecule has 0 atom stereocenters. The van der Waals surface area contributed by atoms with Gasteiger partial charge in [-0.1, -0.05) is 31.5 Å². The van der Waals surface area contributed by atoms with Crippen molar-refractivity contribution in [2.75, 3.05) is 0 Å². The molecule has 0 saturated heterocycles. The Morgan fingerprint density at radius 1 is 1.33 bits per heavy atom. The van der Waals surface area contributed by atoms with E-state index in [2.05, 4.69) is 18.9 Å². The number of rotatable bonds is 3. The van der Waals surface area contributed by atoms with E-state index >= 15 is 0 Å². The Morgan fingerprint density at radius 2 is 2.06 bits per heavy atom. The van der Waals surface area contributed by atoms with Crippen LogP contribution in [0.25, 0.3) is 11.1 Å². The normalized spacial score (nSPS) is 11.2. The molecule has 0 radical (unpaired) electrons. The smallest absolute Gasteiger partial charge is 0.0728 e. The second-order valence-electron chi connectivity index (χ2n) is 4.76. The minimum atomic E-state index is 0.377. The average Bonchev–Trinajstić information content (AvgIpc) is 2.71. The van der Waals surface area contributed by atoms with Crippen LogP contribution in [0.3, 0.4) is 0 Å². The van der Waals surface area contributed by atoms with Gasteiger partial charge in [0.1, 0.15) is 0 Å². The van der Waals surface area contributed by atoms with Gasteiger partial charge in [0, 0.05) is 30.4 Å². The first-order chi connectivity index (χ1) is 8.52. The van der Waals surface area contributed by atoms with Gasteiger partial charge in [0.25, 0.3) is 0 Å². The summed E-state index contributed by atoms with van der Waals surface area (Å²) in [4.78, 5) is 0. The molecule has 96 valence electrons. The van der Waals surface area contributed by atoms with Gasteiger partial charge in [-0.2, -0.15) is 5.10 Å². The summed E-state index contributed by atoms with van der Waals surface area (Å²) in [6, 6.07) is 5.84. The molecule has 0 aliphatic heterocycles. The van der Waals surface area contributed by atoms with Crippen molar-refractivity contribution in [1.29, 1.82) is 0 Å². The lowest BCUT2D eigenvalue weighted by molar-refractivity contribution is 0.713. The van der Waals surface area contributed by atoms with E-state index in [1.807, 2.05) is 36.1 Å². The summed E-state index contributed by atoms with van der Waals surface area (Å²) in [5, 5.41) is 5.24. The lowest BCUT2D eigenvalue weighted by Crippen LogP contribution is -2.00. The maximum atomic E-state index is 6.01. The largest absolute Gasteiger partial charge is 0.326 e. The third-order valence-corrected chi connectivity index (χ3v) is 3.22. The summed E-state index contributed by atoms with van der Waals surface area (Å²) >= 11 is 6.01. The summed E-state index contributed by atoms with van der Waals surface area (Å²) in [7, 11) is 1.94. The summed E-state index contributed by atoms with van der Waals surface area (Å²) < 4.78 is 1.85. The van der Waals surface area contributed by atoms with Gasteiger partial charge < -0.3 is 5.73 Å². The molecular weight excluding hydrogens is 246 g/mol. The van der Waals surface area contributed by atoms with Crippen LogP contribution in [0.4, 0.5) is 0 Å². The Morgan fingerprint density at radius 3 is 2.67 bits per heavy atom. The number of nitrogens with two attached hydrogens (primary N) is 1. The molecule has 0 spiro atoms. The number of halogens is 1. The van der Waals surface area contributed by atoms with E-state index in [1.165, 1.54) is 0 Å². The van der Waals surface area contributed by atoms with E-state index in [0.29, 0.717) is 17.5 Å². The Kier molecular flexibility index (Phi) is 3.73. The van der Waals surface area contributed by atoms with Crippen molar-refractivity contribution in [3.63, 3.8) is 0 Å². The van der Waals surface area contributed by atoms with Crippen LogP contribution in [-0.4, -0.2) is 9.78 Å². The summed E-state index contributed by atoms with van der Waals surface area (Å²) in [6.45, 7) is 4.76. The fraction of sp³-hybridized carbons (Fsp3) is 0.357. The van der Waals surface area contributed by atoms with Crippen molar-refractivity contribution in [2.24, 2.45) is 12.8 Å². The molecule has 0 saturated carbocycles. The van der Waals surface area contributed by atoms with Crippen LogP contribution in [0.2, 0.25) is 5.02 Å². The Hall–Kier alpha value is -1.32. The first-order valence-electron chi connectivity index (χ1n) is 6.05. The first kappa shape index (κ1) is 13.1. The molecule has 4 heteroatoms. The van der Waals surface area contributed by atoms with E-state index in [-0.39, 0.29) is 0 Å². The fourth-order valence-electron chi connectivity index (χ4n) is 2.13. The maximum absolute atomic E-state index is 6.01. The van der Waals surface area contributed by atoms with Gasteiger partial charge in [0.15, 0.2) is 0 Å². The zero-order valence-electron chi connectivity index (χ0n) is 10.9. The molecule has 1 aromatic carbocycles. The van der Waals surface area contributed by atoms with E-state index < -0.39 is 0 Å². The predicted octanol–water partition coefficient (Wildman–Crippen LogP) is 3.32. The van der Waals surface area contributed by atoms with Crippen LogP contribution in [0, 0.1) is 0 Å². The zero-order valence-corrected chi connectivity index (χ0v) is 11.7. The average molecular weight is 264 g/mol. The van der Waals surface area contributed by atoms with Crippen LogP contribution in [-0.2, 0) is 13.6 Å². The van der Waals surface area contributed by atoms with Crippen LogP contribution in [0.1, 0.15) is 31.0 Å². The molecule has 2 N–H and O–H groups in total. The number of benzene rings is 1. The van der Waals surface area contributed by atoms with E-state index in [9.17, 15) is 0 Å². The fourth-order valence-corrected chi connectivity index (χ4v) is 2.33. The van der Waals surface area contributed by atoms with Gasteiger partial charge in [0.2, 0.25) is 0 Å². The third-order valence-electron chi connectivity index (χ3n) is 2.98. The standard InChI is InChI=1S/C14H18ClN3/c1-9(2)14-13(8-18(3)17-14)12-5-4-11(15)6-10(12)7-16/h4-6,8-9H,7,16H2,1-3H3. The van der Waals surface area contributed by atoms with Crippen LogP contribution in [0.15, 0.2) is 24.4 Å². The van der Waals surface area contributed by atoms with Gasteiger partial charge in [-0.25, -0.2) is 0 Å². The molecule has 1 aromatic heterocycles. The Balaban J connectivity index is 2.61. The minimum absolute atomic E-state index is 0.377. The third kappa shape index (κ3) is 2.42. The minimum Gasteiger partial charge on any atom is -0.326 e. The van der Waals surface area contributed by atoms with Crippen molar-refractivity contribution in [3.05, 3.63) is 40.7 Å². The molecule has 3 nitrogen and oxygen atoms in total. The molecule has 0 bridgehead atoms. The van der Waals surface area contributed by atoms with Crippen LogP contribution in [0.5, 0.6) is 0 Å². The number of nitrogens with zero attached hydrogens (tertiary/aromatic N) is 2. The quantitative estimate of drug-likeness (QED) is 0.923. The van der Waals surface area contributed by atoms with E-state index in [1.54, 1.807) is 0 Å². The number of hydrogen-bond acceptors (Lipinski definition) is 2. The highest BCUT2D eigenvalue weighted by Gasteiger charge is 2.15. The molecule has 2 aromatic rings. The van der Waals surface area contributed by atoms with Gasteiger partial charge in [0.05, 0.1) is 5.69 Å². The van der Waals surface area contributed by atoms with E-state index in [4.69, 9.17) is 17.3 Å². The molecule has 1 heterocycles. The van der Waals surface area contributed by atoms with Crippen LogP contribution >= 0.6 is 11.6 Å². The first-order valence-corrected chi connectivity index (χ1v) is 6.43. The van der Waals surface area contributed by atoms with E-state index in [0.717, 1.165) is 22.4 Å². The van der Waals surface area contributed by atoms with Crippen molar-refractivity contribution in [2.45, 2.75) is 26.3 Å². The van der Waals surface area contributed by atoms with Crippen molar-refractivity contribution >= 4 is 11.6 Å². The number of hydrogen-bond donors (Lipinski definition) is 1. The highest BCUT2D eigenvalue weighted by molar-refractivity contribution is 6.30. The number of aryl methyl sites for hydroxylation is 1. The molecule has 0 aliphatic carbocycles. The van der Waals surface area contributed by atoms with Crippen LogP contribution < -0.4 is 5.73 Å². The monoisotopic (exact) mass is 263 g/mol. The molecular formula is C14H18ClN3. The lowest BCUT2D eigenvalue weighted by Gasteiger charge is -2.10. The second kappa shape index (κ2) is 5.12. The maximum Gasteiger partial charge on any atom is 0.0728 e. The van der Waals surface area contributed by atoms with Gasteiger partial charge in [-0.3, -0.25) is 4.68 Å². The van der Waals surface area contributed by atoms with Crippen molar-refractivity contribution in [1.82, 2.24) is 9.78 Å². The van der Waals surface area contributed by atoms with Gasteiger partial charge in [-0.15, -0.1) is 0 Å². The molecule has 0 aliphatic rings. The zero-order chi connectivity index (χ0) is 13.3. The molecule has 0 amide bonds. The van der Waals surface area contributed by atoms with Gasteiger partial charge >= 0.3 is 0 Å². The molecule has 0 unspecified atom stereocenters. The van der Waals surface area contributed by atoms with Gasteiger partial charge in [-0.05, 0) is 29.2 Å². The summed E-state index contributed by atoms with van der Waals surface area (Å²) in [5.74, 6) is 0.377. The highest BCUT2D eigenvalue weighted by atomic mass is 35.5. The Bertz CT molecular complexity index is 558. The summed E-state index contributed by atoms with van der Waals surface area (Å²) in [5.41, 5.74) is 10.2. The lowest BCUT2D eigenvalue weighted by atomic mass is 9.96. The topological polar surface area (TPSA) is 43.8 Å². The summed E-state index contributed by atoms with van der Waals surface area (Å²) in [6.07, 6.45) is 2.04. The second-order valence-corrected chi connectivity index (χ2v) is 5.20. The highest BCUT2D eigenvalue weighted by Crippen LogP contribution is 2.31. The predicted molar refractivity (Wildman–Crippen MR) is 75.6 cm³/mol. The molecule has 0 fully saturated rings. The van der Waals surface area contributed by atoms with Crippen molar-refractivity contribution in [3.8, 4) is 11.1 Å². The SMILES string of the molecule is CC(C)c1nn(C)cc1-c1ccc(Cl)cc1CN. The Labute approximate surface area is 113 Å². The number of aromatic nitrogens is 2. The van der Waals surface area contributed by atoms with Crippen molar-refractivity contribution < 1.29 is 0 Å².